The van der Waals surface area contributed by atoms with Gasteiger partial charge in [-0.3, -0.25) is 0 Å². The molecule has 3 aromatic rings. The van der Waals surface area contributed by atoms with Gasteiger partial charge < -0.3 is 10.6 Å². The predicted octanol–water partition coefficient (Wildman–Crippen LogP) is 2.19. The molecule has 2 aromatic heterocycles. The number of pyridine rings is 1. The molecule has 9 nitrogen and oxygen atoms in total. The zero-order valence-electron chi connectivity index (χ0n) is 15.6. The van der Waals surface area contributed by atoms with Crippen LogP contribution < -0.4 is 15.4 Å². The summed E-state index contributed by atoms with van der Waals surface area (Å²) in [5.74, 6) is 1.74. The van der Waals surface area contributed by atoms with E-state index in [-0.39, 0.29) is 11.4 Å². The molecule has 148 valence electrons. The molecule has 10 heteroatoms. The summed E-state index contributed by atoms with van der Waals surface area (Å²) in [5, 5.41) is 22.9. The van der Waals surface area contributed by atoms with Crippen molar-refractivity contribution in [3.05, 3.63) is 65.9 Å². The molecule has 29 heavy (non-hydrogen) atoms. The molecule has 0 aliphatic heterocycles. The van der Waals surface area contributed by atoms with Crippen molar-refractivity contribution in [1.29, 1.82) is 5.26 Å². The van der Waals surface area contributed by atoms with Gasteiger partial charge in [0.1, 0.15) is 11.6 Å². The van der Waals surface area contributed by atoms with Crippen LogP contribution in [0.1, 0.15) is 11.1 Å². The average molecular weight is 409 g/mol. The van der Waals surface area contributed by atoms with Crippen molar-refractivity contribution in [2.45, 2.75) is 11.8 Å². The molecular weight excluding hydrogens is 390 g/mol. The number of hydrogen-bond donors (Lipinski definition) is 3. The van der Waals surface area contributed by atoms with Crippen LogP contribution in [0.3, 0.4) is 0 Å². The first-order valence-electron chi connectivity index (χ1n) is 8.73. The molecule has 0 aliphatic rings. The Bertz CT molecular complexity index is 1090. The van der Waals surface area contributed by atoms with Gasteiger partial charge in [-0.2, -0.15) is 5.26 Å². The lowest BCUT2D eigenvalue weighted by Crippen LogP contribution is -2.29. The highest BCUT2D eigenvalue weighted by Gasteiger charge is 2.12. The first-order valence-corrected chi connectivity index (χ1v) is 10.2. The molecule has 0 aliphatic carbocycles. The molecule has 0 radical (unpaired) electrons. The largest absolute Gasteiger partial charge is 0.367 e. The summed E-state index contributed by atoms with van der Waals surface area (Å²) < 4.78 is 26.9. The van der Waals surface area contributed by atoms with Crippen molar-refractivity contribution in [2.75, 3.05) is 23.7 Å². The molecule has 2 heterocycles. The van der Waals surface area contributed by atoms with E-state index in [1.807, 2.05) is 25.1 Å². The Morgan fingerprint density at radius 3 is 2.24 bits per heavy atom. The summed E-state index contributed by atoms with van der Waals surface area (Å²) in [6, 6.07) is 14.9. The van der Waals surface area contributed by atoms with E-state index in [2.05, 4.69) is 30.5 Å². The summed E-state index contributed by atoms with van der Waals surface area (Å²) in [7, 11) is -3.64. The molecule has 1 aromatic carbocycles. The zero-order chi connectivity index (χ0) is 20.7. The molecule has 0 amide bonds. The SMILES string of the molecule is Cc1ccc(Nc2ccc(NCCNS(=O)(=O)c3ccc(C#N)cc3)nn2)nc1. The number of aromatic nitrogens is 3. The second-order valence-electron chi connectivity index (χ2n) is 6.11. The third-order valence-electron chi connectivity index (χ3n) is 3.85. The Kier molecular flexibility index (Phi) is 6.33. The van der Waals surface area contributed by atoms with Gasteiger partial charge in [0, 0.05) is 19.3 Å². The van der Waals surface area contributed by atoms with E-state index in [0.717, 1.165) is 5.56 Å². The summed E-state index contributed by atoms with van der Waals surface area (Å²) in [6.07, 6.45) is 1.75. The van der Waals surface area contributed by atoms with Crippen LogP contribution in [0.5, 0.6) is 0 Å². The number of benzene rings is 1. The minimum atomic E-state index is -3.64. The fourth-order valence-corrected chi connectivity index (χ4v) is 3.37. The van der Waals surface area contributed by atoms with Crippen molar-refractivity contribution in [3.8, 4) is 6.07 Å². The van der Waals surface area contributed by atoms with Crippen molar-refractivity contribution in [2.24, 2.45) is 0 Å². The van der Waals surface area contributed by atoms with E-state index in [0.29, 0.717) is 29.6 Å². The topological polar surface area (TPSA) is 133 Å². The van der Waals surface area contributed by atoms with Gasteiger partial charge in [0.15, 0.2) is 5.82 Å². The van der Waals surface area contributed by atoms with Crippen LogP contribution in [0, 0.1) is 18.3 Å². The predicted molar refractivity (Wildman–Crippen MR) is 109 cm³/mol. The number of aryl methyl sites for hydroxylation is 1. The van der Waals surface area contributed by atoms with Crippen molar-refractivity contribution in [3.63, 3.8) is 0 Å². The minimum absolute atomic E-state index is 0.108. The quantitative estimate of drug-likeness (QED) is 0.482. The normalized spacial score (nSPS) is 10.9. The van der Waals surface area contributed by atoms with E-state index in [4.69, 9.17) is 5.26 Å². The number of nitrogens with zero attached hydrogens (tertiary/aromatic N) is 4. The maximum Gasteiger partial charge on any atom is 0.240 e. The third kappa shape index (κ3) is 5.71. The van der Waals surface area contributed by atoms with Crippen LogP contribution in [-0.2, 0) is 10.0 Å². The van der Waals surface area contributed by atoms with E-state index >= 15 is 0 Å². The number of hydrogen-bond acceptors (Lipinski definition) is 8. The molecule has 3 N–H and O–H groups in total. The Balaban J connectivity index is 1.47. The summed E-state index contributed by atoms with van der Waals surface area (Å²) in [4.78, 5) is 4.35. The summed E-state index contributed by atoms with van der Waals surface area (Å²) in [5.41, 5.74) is 1.47. The Hall–Kier alpha value is -3.55. The Morgan fingerprint density at radius 2 is 1.62 bits per heavy atom. The highest BCUT2D eigenvalue weighted by molar-refractivity contribution is 7.89. The number of nitrogens with one attached hydrogen (secondary N) is 3. The van der Waals surface area contributed by atoms with E-state index in [1.165, 1.54) is 24.3 Å². The molecule has 0 saturated heterocycles. The lowest BCUT2D eigenvalue weighted by atomic mass is 10.2. The van der Waals surface area contributed by atoms with Crippen LogP contribution in [-0.4, -0.2) is 36.7 Å². The Labute approximate surface area is 168 Å². The number of anilines is 3. The fourth-order valence-electron chi connectivity index (χ4n) is 2.33. The fraction of sp³-hybridized carbons (Fsp3) is 0.158. The number of rotatable bonds is 8. The van der Waals surface area contributed by atoms with Crippen molar-refractivity contribution in [1.82, 2.24) is 19.9 Å². The second kappa shape index (κ2) is 9.09. The highest BCUT2D eigenvalue weighted by atomic mass is 32.2. The second-order valence-corrected chi connectivity index (χ2v) is 7.88. The highest BCUT2D eigenvalue weighted by Crippen LogP contribution is 2.13. The van der Waals surface area contributed by atoms with E-state index in [9.17, 15) is 8.42 Å². The van der Waals surface area contributed by atoms with Gasteiger partial charge in [0.05, 0.1) is 16.5 Å². The van der Waals surface area contributed by atoms with Crippen LogP contribution in [0.2, 0.25) is 0 Å². The third-order valence-corrected chi connectivity index (χ3v) is 5.33. The van der Waals surface area contributed by atoms with Gasteiger partial charge in [-0.1, -0.05) is 6.07 Å². The van der Waals surface area contributed by atoms with Gasteiger partial charge in [-0.05, 0) is 55.0 Å². The molecule has 3 rings (SSSR count). The van der Waals surface area contributed by atoms with Crippen LogP contribution in [0.15, 0.2) is 59.6 Å². The number of nitriles is 1. The van der Waals surface area contributed by atoms with Gasteiger partial charge in [-0.15, -0.1) is 10.2 Å². The minimum Gasteiger partial charge on any atom is -0.367 e. The maximum absolute atomic E-state index is 12.2. The molecule has 0 atom stereocenters. The van der Waals surface area contributed by atoms with E-state index in [1.54, 1.807) is 18.3 Å². The smallest absolute Gasteiger partial charge is 0.240 e. The average Bonchev–Trinajstić information content (AvgIpc) is 2.74. The maximum atomic E-state index is 12.2. The van der Waals surface area contributed by atoms with E-state index < -0.39 is 10.0 Å². The lowest BCUT2D eigenvalue weighted by Gasteiger charge is -2.09. The van der Waals surface area contributed by atoms with Gasteiger partial charge in [0.2, 0.25) is 10.0 Å². The zero-order valence-corrected chi connectivity index (χ0v) is 16.4. The summed E-state index contributed by atoms with van der Waals surface area (Å²) in [6.45, 7) is 2.45. The van der Waals surface area contributed by atoms with Crippen LogP contribution in [0.25, 0.3) is 0 Å². The first-order chi connectivity index (χ1) is 14.0. The molecular formula is C19H19N7O2S. The summed E-state index contributed by atoms with van der Waals surface area (Å²) >= 11 is 0. The van der Waals surface area contributed by atoms with Gasteiger partial charge >= 0.3 is 0 Å². The molecule has 0 spiro atoms. The van der Waals surface area contributed by atoms with Crippen molar-refractivity contribution >= 4 is 27.5 Å². The molecule has 0 unspecified atom stereocenters. The van der Waals surface area contributed by atoms with Crippen molar-refractivity contribution < 1.29 is 8.42 Å². The standard InChI is InChI=1S/C19H19N7O2S/c1-14-2-7-17(22-13-14)24-19-9-8-18(25-26-19)21-10-11-23-29(27,28)16-5-3-15(12-20)4-6-16/h2-9,13,23H,10-11H2,1H3,(H,21,25)(H,22,24,26). The molecule has 0 bridgehead atoms. The monoisotopic (exact) mass is 409 g/mol. The Morgan fingerprint density at radius 1 is 0.931 bits per heavy atom. The van der Waals surface area contributed by atoms with Gasteiger partial charge in [-0.25, -0.2) is 18.1 Å². The molecule has 0 saturated carbocycles. The first kappa shape index (κ1) is 20.2. The molecule has 0 fully saturated rings. The van der Waals surface area contributed by atoms with Gasteiger partial charge in [0.25, 0.3) is 0 Å². The van der Waals surface area contributed by atoms with Crippen LogP contribution >= 0.6 is 0 Å². The van der Waals surface area contributed by atoms with Crippen LogP contribution in [0.4, 0.5) is 17.5 Å². The lowest BCUT2D eigenvalue weighted by molar-refractivity contribution is 0.583. The number of sulfonamides is 1.